The molecule has 9 rings (SSSR count). The van der Waals surface area contributed by atoms with Crippen molar-refractivity contribution in [1.29, 1.82) is 0 Å². The third-order valence-corrected chi connectivity index (χ3v) is 20.7. The maximum Gasteiger partial charge on any atom is 0.335 e. The summed E-state index contributed by atoms with van der Waals surface area (Å²) in [7, 11) is 0. The molecule has 422 valence electrons. The van der Waals surface area contributed by atoms with Crippen LogP contribution in [0.3, 0.4) is 0 Å². The van der Waals surface area contributed by atoms with Crippen LogP contribution in [0.4, 0.5) is 0 Å². The summed E-state index contributed by atoms with van der Waals surface area (Å²) in [5, 5.41) is 128. The van der Waals surface area contributed by atoms with E-state index in [2.05, 4.69) is 47.6 Å². The molecule has 74 heavy (non-hydrogen) atoms. The van der Waals surface area contributed by atoms with E-state index in [1.807, 2.05) is 0 Å². The van der Waals surface area contributed by atoms with Crippen LogP contribution in [0, 0.1) is 56.7 Å². The Kier molecular flexibility index (Phi) is 15.8. The summed E-state index contributed by atoms with van der Waals surface area (Å²) in [4.78, 5) is 27.6. The first-order valence-electron chi connectivity index (χ1n) is 27.1. The van der Waals surface area contributed by atoms with Crippen molar-refractivity contribution in [2.75, 3.05) is 13.2 Å². The van der Waals surface area contributed by atoms with Crippen LogP contribution in [0.2, 0.25) is 0 Å². The van der Waals surface area contributed by atoms with Crippen molar-refractivity contribution in [3.63, 3.8) is 0 Å². The molecule has 0 aromatic carbocycles. The molecule has 0 bridgehead atoms. The molecule has 21 heteroatoms. The zero-order valence-electron chi connectivity index (χ0n) is 43.7. The van der Waals surface area contributed by atoms with Crippen molar-refractivity contribution < 1.29 is 104 Å². The number of carboxylic acids is 1. The highest BCUT2D eigenvalue weighted by Crippen LogP contribution is 2.72. The average molecular weight is 1060 g/mol. The monoisotopic (exact) mass is 1060 g/mol. The molecule has 6 aliphatic carbocycles. The Bertz CT molecular complexity index is 2070. The second-order valence-electron chi connectivity index (χ2n) is 25.7. The summed E-state index contributed by atoms with van der Waals surface area (Å²) in [6.07, 6.45) is -19.3. The number of aliphatic hydroxyl groups excluding tert-OH is 11. The van der Waals surface area contributed by atoms with E-state index in [1.54, 1.807) is 0 Å². The maximum absolute atomic E-state index is 15.2. The summed E-state index contributed by atoms with van der Waals surface area (Å²) in [6, 6.07) is 0. The van der Waals surface area contributed by atoms with Gasteiger partial charge in [0, 0.05) is 12.5 Å². The van der Waals surface area contributed by atoms with Crippen LogP contribution in [0.5, 0.6) is 0 Å². The quantitative estimate of drug-likeness (QED) is 0.0778. The number of carbonyl (C=O) groups is 2. The topological polar surface area (TPSA) is 342 Å². The number of hydrogen-bond acceptors (Lipinski definition) is 20. The molecular weight excluding hydrogens is 973 g/mol. The number of hydrogen-bond donors (Lipinski definition) is 12. The molecule has 12 N–H and O–H groups in total. The van der Waals surface area contributed by atoms with Crippen molar-refractivity contribution in [3.8, 4) is 0 Å². The van der Waals surface area contributed by atoms with Crippen molar-refractivity contribution >= 4 is 11.9 Å². The number of esters is 1. The molecule has 27 atom stereocenters. The van der Waals surface area contributed by atoms with Crippen LogP contribution in [0.15, 0.2) is 11.6 Å². The van der Waals surface area contributed by atoms with Gasteiger partial charge in [-0.1, -0.05) is 53.2 Å². The molecule has 21 nitrogen and oxygen atoms in total. The predicted molar refractivity (Wildman–Crippen MR) is 255 cm³/mol. The highest BCUT2D eigenvalue weighted by Gasteiger charge is 2.67. The Morgan fingerprint density at radius 3 is 2.00 bits per heavy atom. The van der Waals surface area contributed by atoms with Gasteiger partial charge in [-0.05, 0) is 123 Å². The largest absolute Gasteiger partial charge is 0.479 e. The fourth-order valence-electron chi connectivity index (χ4n) is 16.3. The van der Waals surface area contributed by atoms with Crippen LogP contribution in [0.1, 0.15) is 119 Å². The molecule has 3 heterocycles. The first-order chi connectivity index (χ1) is 34.6. The zero-order chi connectivity index (χ0) is 53.9. The second-order valence-corrected chi connectivity index (χ2v) is 25.7. The lowest BCUT2D eigenvalue weighted by Crippen LogP contribution is -2.66. The highest BCUT2D eigenvalue weighted by molar-refractivity contribution is 5.79. The van der Waals surface area contributed by atoms with Gasteiger partial charge in [0.2, 0.25) is 0 Å². The molecule has 3 saturated heterocycles. The van der Waals surface area contributed by atoms with Gasteiger partial charge in [-0.3, -0.25) is 4.79 Å². The van der Waals surface area contributed by atoms with Gasteiger partial charge < -0.3 is 94.4 Å². The Morgan fingerprint density at radius 1 is 0.649 bits per heavy atom. The number of aliphatic carboxylic acids is 1. The van der Waals surface area contributed by atoms with Gasteiger partial charge in [-0.15, -0.1) is 0 Å². The first kappa shape index (κ1) is 56.7. The molecule has 0 aromatic rings. The van der Waals surface area contributed by atoms with Crippen LogP contribution in [-0.2, 0) is 42.7 Å². The number of aliphatic hydroxyl groups is 11. The van der Waals surface area contributed by atoms with Gasteiger partial charge >= 0.3 is 11.9 Å². The molecule has 27 unspecified atom stereocenters. The fourth-order valence-corrected chi connectivity index (χ4v) is 16.3. The fraction of sp³-hybridized carbons (Fsp3) is 0.925. The molecule has 5 saturated carbocycles. The summed E-state index contributed by atoms with van der Waals surface area (Å²) in [5.74, 6) is -2.49. The van der Waals surface area contributed by atoms with E-state index >= 15 is 4.79 Å². The molecule has 0 amide bonds. The third kappa shape index (κ3) is 9.43. The van der Waals surface area contributed by atoms with E-state index in [0.717, 1.165) is 44.9 Å². The van der Waals surface area contributed by atoms with Crippen molar-refractivity contribution in [1.82, 2.24) is 0 Å². The minimum atomic E-state index is -1.92. The Labute approximate surface area is 432 Å². The molecule has 0 radical (unpaired) electrons. The standard InChI is InChI=1S/C53H84O21/c1-22-32(56)35(59)38(62)46(69-22)73-42-39(63)43(44(65)66)74-47(40(42)64)71-31-12-14-52(7)29(50(31,4)5)11-13-51(6)25-10-15-53(17-16-49(2,3)19-26(53)24(25)8-9-30(51)52)48(67)70-28-18-23(20-54)33(57)36(60)41(28)72-45-37(61)34(58)27(55)21-68-45/h8,22-23,25-43,45-47,54-64H,9-21H2,1-7H3,(H,65,66). The third-order valence-electron chi connectivity index (χ3n) is 20.7. The lowest BCUT2D eigenvalue weighted by molar-refractivity contribution is -0.363. The van der Waals surface area contributed by atoms with E-state index in [4.69, 9.17) is 33.2 Å². The number of carbonyl (C=O) groups excluding carboxylic acids is 1. The van der Waals surface area contributed by atoms with Crippen molar-refractivity contribution in [2.45, 2.75) is 236 Å². The second kappa shape index (κ2) is 20.6. The normalized spacial score (nSPS) is 53.0. The van der Waals surface area contributed by atoms with E-state index in [-0.39, 0.29) is 52.9 Å². The van der Waals surface area contributed by atoms with Crippen molar-refractivity contribution in [3.05, 3.63) is 11.6 Å². The summed E-state index contributed by atoms with van der Waals surface area (Å²) in [5.41, 5.74) is -0.633. The minimum Gasteiger partial charge on any atom is -0.479 e. The van der Waals surface area contributed by atoms with E-state index in [1.165, 1.54) is 12.5 Å². The smallest absolute Gasteiger partial charge is 0.335 e. The van der Waals surface area contributed by atoms with E-state index in [9.17, 15) is 66.1 Å². The molecule has 3 aliphatic heterocycles. The van der Waals surface area contributed by atoms with E-state index in [0.29, 0.717) is 19.3 Å². The number of rotatable bonds is 10. The van der Waals surface area contributed by atoms with E-state index < -0.39 is 152 Å². The van der Waals surface area contributed by atoms with Gasteiger partial charge in [-0.2, -0.15) is 0 Å². The van der Waals surface area contributed by atoms with Gasteiger partial charge in [0.15, 0.2) is 25.0 Å². The van der Waals surface area contributed by atoms with Gasteiger partial charge in [0.05, 0.1) is 30.3 Å². The number of ether oxygens (including phenoxy) is 7. The predicted octanol–water partition coefficient (Wildman–Crippen LogP) is -0.00280. The Morgan fingerprint density at radius 2 is 1.31 bits per heavy atom. The maximum atomic E-state index is 15.2. The Balaban J connectivity index is 0.937. The molecule has 0 spiro atoms. The molecule has 0 aromatic heterocycles. The number of fused-ring (bicyclic) bond motifs is 7. The molecule has 8 fully saturated rings. The van der Waals surface area contributed by atoms with Crippen LogP contribution < -0.4 is 0 Å². The highest BCUT2D eigenvalue weighted by atomic mass is 16.7. The molecular formula is C53H84O21. The number of carboxylic acid groups (broad SMARTS) is 1. The summed E-state index contributed by atoms with van der Waals surface area (Å²) >= 11 is 0. The summed E-state index contributed by atoms with van der Waals surface area (Å²) in [6.45, 7) is 14.1. The van der Waals surface area contributed by atoms with Gasteiger partial charge in [0.25, 0.3) is 0 Å². The minimum absolute atomic E-state index is 0.0495. The SMILES string of the molecule is CC1OC(OC2C(O)C(OC3CCC4(C)C(CCC5(C)C6CCC7(C(=O)OC8CC(CO)C(O)C(O)C8OC8OCC(O)C(O)C8O)CCC(C)(C)CC7C6=CCC54)C3(C)C)OC(C(=O)O)C2O)C(O)C(O)C1O. The van der Waals surface area contributed by atoms with Crippen LogP contribution in [0.25, 0.3) is 0 Å². The van der Waals surface area contributed by atoms with Gasteiger partial charge in [-0.25, -0.2) is 4.79 Å². The lowest BCUT2D eigenvalue weighted by atomic mass is 9.37. The van der Waals surface area contributed by atoms with Crippen LogP contribution in [-0.4, -0.2) is 203 Å². The summed E-state index contributed by atoms with van der Waals surface area (Å²) < 4.78 is 41.8. The lowest BCUT2D eigenvalue weighted by Gasteiger charge is -2.68. The molecule has 9 aliphatic rings. The number of allylic oxidation sites excluding steroid dienone is 2. The van der Waals surface area contributed by atoms with Gasteiger partial charge in [0.1, 0.15) is 73.2 Å². The Hall–Kier alpha value is -2.00. The first-order valence-corrected chi connectivity index (χ1v) is 27.1. The average Bonchev–Trinajstić information content (AvgIpc) is 3.34. The van der Waals surface area contributed by atoms with Crippen LogP contribution >= 0.6 is 0 Å². The van der Waals surface area contributed by atoms with Crippen molar-refractivity contribution in [2.24, 2.45) is 56.7 Å². The zero-order valence-corrected chi connectivity index (χ0v) is 43.7.